The number of nitrogens with zero attached hydrogens (tertiary/aromatic N) is 1. The lowest BCUT2D eigenvalue weighted by molar-refractivity contribution is 0.472. The van der Waals surface area contributed by atoms with Crippen molar-refractivity contribution in [3.05, 3.63) is 96.3 Å². The maximum absolute atomic E-state index is 6.66. The van der Waals surface area contributed by atoms with E-state index in [9.17, 15) is 0 Å². The van der Waals surface area contributed by atoms with E-state index in [1.165, 1.54) is 21.7 Å². The minimum absolute atomic E-state index is 0.560. The summed E-state index contributed by atoms with van der Waals surface area (Å²) in [6, 6.07) is 23.3. The molecule has 3 aromatic carbocycles. The molecule has 2 aromatic heterocycles. The van der Waals surface area contributed by atoms with Gasteiger partial charge in [-0.25, -0.2) is 4.99 Å². The fourth-order valence-corrected chi connectivity index (χ4v) is 4.47. The van der Waals surface area contributed by atoms with E-state index in [0.717, 1.165) is 22.1 Å². The Labute approximate surface area is 185 Å². The van der Waals surface area contributed by atoms with E-state index in [2.05, 4.69) is 81.3 Å². The van der Waals surface area contributed by atoms with E-state index in [1.807, 2.05) is 24.5 Å². The molecule has 1 aliphatic heterocycles. The highest BCUT2D eigenvalue weighted by Crippen LogP contribution is 2.26. The van der Waals surface area contributed by atoms with E-state index >= 15 is 0 Å². The number of nitrogens with two attached hydrogens (primary N) is 1. The second-order valence-electron chi connectivity index (χ2n) is 8.43. The van der Waals surface area contributed by atoms with Gasteiger partial charge in [0.25, 0.3) is 0 Å². The van der Waals surface area contributed by atoms with Gasteiger partial charge in [-0.15, -0.1) is 0 Å². The molecule has 6 heteroatoms. The molecule has 1 aliphatic rings. The molecule has 6 rings (SSSR count). The van der Waals surface area contributed by atoms with Crippen LogP contribution in [0.3, 0.4) is 0 Å². The topological polar surface area (TPSA) is 94.0 Å². The number of H-pyrrole nitrogens is 2. The molecule has 0 aliphatic carbocycles. The molecule has 0 saturated heterocycles. The van der Waals surface area contributed by atoms with Gasteiger partial charge in [0.15, 0.2) is 5.96 Å². The molecule has 32 heavy (non-hydrogen) atoms. The summed E-state index contributed by atoms with van der Waals surface area (Å²) in [5.41, 5.74) is 11.7. The highest BCUT2D eigenvalue weighted by Gasteiger charge is 2.26. The third-order valence-corrected chi connectivity index (χ3v) is 6.06. The number of hydrogen-bond acceptors (Lipinski definition) is 2. The van der Waals surface area contributed by atoms with Gasteiger partial charge in [0.2, 0.25) is 0 Å². The largest absolute Gasteiger partial charge is 0.361 e. The van der Waals surface area contributed by atoms with Crippen molar-refractivity contribution in [2.24, 2.45) is 10.7 Å². The molecule has 6 nitrogen and oxygen atoms in total. The normalized spacial score (nSPS) is 19.6. The lowest BCUT2D eigenvalue weighted by Crippen LogP contribution is -2.61. The number of rotatable bonds is 4. The van der Waals surface area contributed by atoms with Crippen molar-refractivity contribution >= 4 is 38.7 Å². The van der Waals surface area contributed by atoms with Gasteiger partial charge in [0.1, 0.15) is 5.66 Å². The predicted octanol–water partition coefficient (Wildman–Crippen LogP) is 4.26. The number of hydrogen-bond donors (Lipinski definition) is 5. The number of aromatic amines is 2. The number of aromatic nitrogens is 2. The molecule has 3 heterocycles. The summed E-state index contributed by atoms with van der Waals surface area (Å²) in [5, 5.41) is 10.2. The van der Waals surface area contributed by atoms with Crippen LogP contribution in [-0.4, -0.2) is 21.6 Å². The number of nitrogens with one attached hydrogen (secondary N) is 4. The minimum atomic E-state index is -0.700. The molecular formula is C26H24N6. The number of aliphatic imine (C=N–C) groups is 1. The van der Waals surface area contributed by atoms with E-state index in [-0.39, 0.29) is 0 Å². The molecule has 0 radical (unpaired) electrons. The van der Waals surface area contributed by atoms with Crippen LogP contribution in [0.25, 0.3) is 32.7 Å². The average molecular weight is 421 g/mol. The molecule has 1 unspecified atom stereocenters. The van der Waals surface area contributed by atoms with Gasteiger partial charge < -0.3 is 26.3 Å². The molecule has 0 fully saturated rings. The Balaban J connectivity index is 1.21. The Bertz CT molecular complexity index is 1500. The fourth-order valence-electron chi connectivity index (χ4n) is 4.47. The summed E-state index contributed by atoms with van der Waals surface area (Å²) < 4.78 is 0. The maximum Gasteiger partial charge on any atom is 0.197 e. The van der Waals surface area contributed by atoms with Crippen LogP contribution in [0.1, 0.15) is 11.1 Å². The average Bonchev–Trinajstić information content (AvgIpc) is 3.41. The summed E-state index contributed by atoms with van der Waals surface area (Å²) in [6.45, 7) is 0.560. The molecule has 6 N–H and O–H groups in total. The third kappa shape index (κ3) is 3.40. The van der Waals surface area contributed by atoms with Gasteiger partial charge in [-0.3, -0.25) is 0 Å². The van der Waals surface area contributed by atoms with Crippen molar-refractivity contribution < 1.29 is 0 Å². The van der Waals surface area contributed by atoms with Gasteiger partial charge >= 0.3 is 0 Å². The molecule has 5 aromatic rings. The first kappa shape index (κ1) is 18.7. The smallest absolute Gasteiger partial charge is 0.197 e. The zero-order valence-corrected chi connectivity index (χ0v) is 17.5. The SMILES string of the molecule is NC1(Cc2ccc3[nH]ccc3c2)C=CNC(=NCc2ccc3[nH]c4ccccc4c3c2)N1. The maximum atomic E-state index is 6.66. The summed E-state index contributed by atoms with van der Waals surface area (Å²) >= 11 is 0. The van der Waals surface area contributed by atoms with Crippen molar-refractivity contribution in [2.45, 2.75) is 18.6 Å². The van der Waals surface area contributed by atoms with E-state index in [0.29, 0.717) is 18.9 Å². The first-order valence-corrected chi connectivity index (χ1v) is 10.8. The Morgan fingerprint density at radius 3 is 2.66 bits per heavy atom. The minimum Gasteiger partial charge on any atom is -0.361 e. The lowest BCUT2D eigenvalue weighted by atomic mass is 9.98. The summed E-state index contributed by atoms with van der Waals surface area (Å²) in [5.74, 6) is 0.678. The number of benzene rings is 3. The molecule has 0 saturated carbocycles. The molecule has 0 spiro atoms. The van der Waals surface area contributed by atoms with Crippen molar-refractivity contribution in [3.63, 3.8) is 0 Å². The van der Waals surface area contributed by atoms with E-state index < -0.39 is 5.66 Å². The van der Waals surface area contributed by atoms with Crippen LogP contribution >= 0.6 is 0 Å². The molecule has 0 amide bonds. The van der Waals surface area contributed by atoms with Crippen LogP contribution in [0.15, 0.2) is 90.2 Å². The summed E-state index contributed by atoms with van der Waals surface area (Å²) in [6.07, 6.45) is 6.43. The standard InChI is InChI=1S/C26H24N6/c27-26(15-17-5-7-22-19(13-17)9-11-28-22)10-12-29-25(32-26)30-16-18-6-8-24-21(14-18)20-3-1-2-4-23(20)31-24/h1-14,28,31H,15-16,27H2,(H2,29,30,32). The highest BCUT2D eigenvalue weighted by molar-refractivity contribution is 6.07. The van der Waals surface area contributed by atoms with Crippen molar-refractivity contribution in [2.75, 3.05) is 0 Å². The van der Waals surface area contributed by atoms with Crippen LogP contribution in [0, 0.1) is 0 Å². The van der Waals surface area contributed by atoms with Gasteiger partial charge in [0.05, 0.1) is 6.54 Å². The highest BCUT2D eigenvalue weighted by atomic mass is 15.3. The van der Waals surface area contributed by atoms with Gasteiger partial charge in [-0.1, -0.05) is 30.3 Å². The zero-order chi connectivity index (χ0) is 21.5. The lowest BCUT2D eigenvalue weighted by Gasteiger charge is -2.32. The number of guanidine groups is 1. The second kappa shape index (κ2) is 7.28. The monoisotopic (exact) mass is 420 g/mol. The van der Waals surface area contributed by atoms with Gasteiger partial charge in [-0.2, -0.15) is 0 Å². The Morgan fingerprint density at radius 2 is 1.69 bits per heavy atom. The van der Waals surface area contributed by atoms with Crippen molar-refractivity contribution in [1.82, 2.24) is 20.6 Å². The molecule has 1 atom stereocenters. The van der Waals surface area contributed by atoms with Crippen LogP contribution in [0.4, 0.5) is 0 Å². The van der Waals surface area contributed by atoms with Crippen LogP contribution < -0.4 is 16.4 Å². The summed E-state index contributed by atoms with van der Waals surface area (Å²) in [4.78, 5) is 11.4. The molecule has 0 bridgehead atoms. The predicted molar refractivity (Wildman–Crippen MR) is 131 cm³/mol. The molecule has 158 valence electrons. The fraction of sp³-hybridized carbons (Fsp3) is 0.115. The van der Waals surface area contributed by atoms with Crippen molar-refractivity contribution in [1.29, 1.82) is 0 Å². The van der Waals surface area contributed by atoms with E-state index in [4.69, 9.17) is 10.7 Å². The van der Waals surface area contributed by atoms with E-state index in [1.54, 1.807) is 0 Å². The zero-order valence-electron chi connectivity index (χ0n) is 17.5. The Kier molecular flexibility index (Phi) is 4.26. The molecular weight excluding hydrogens is 396 g/mol. The van der Waals surface area contributed by atoms with Crippen LogP contribution in [-0.2, 0) is 13.0 Å². The Morgan fingerprint density at radius 1 is 0.844 bits per heavy atom. The quantitative estimate of drug-likeness (QED) is 0.301. The Hall–Kier alpha value is -4.03. The second-order valence-corrected chi connectivity index (χ2v) is 8.43. The number of para-hydroxylation sites is 1. The summed E-state index contributed by atoms with van der Waals surface area (Å²) in [7, 11) is 0. The van der Waals surface area contributed by atoms with Crippen LogP contribution in [0.5, 0.6) is 0 Å². The van der Waals surface area contributed by atoms with Crippen molar-refractivity contribution in [3.8, 4) is 0 Å². The van der Waals surface area contributed by atoms with Crippen LogP contribution in [0.2, 0.25) is 0 Å². The first-order valence-electron chi connectivity index (χ1n) is 10.8. The third-order valence-electron chi connectivity index (χ3n) is 6.06. The first-order chi connectivity index (χ1) is 15.7. The van der Waals surface area contributed by atoms with Gasteiger partial charge in [0, 0.05) is 46.1 Å². The van der Waals surface area contributed by atoms with Gasteiger partial charge in [-0.05, 0) is 59.0 Å². The number of fused-ring (bicyclic) bond motifs is 4.